The first-order valence-corrected chi connectivity index (χ1v) is 10.9. The number of esters is 1. The van der Waals surface area contributed by atoms with Crippen molar-refractivity contribution in [3.05, 3.63) is 0 Å². The van der Waals surface area contributed by atoms with E-state index in [1.807, 2.05) is 0 Å². The maximum Gasteiger partial charge on any atom is 0.308 e. The Bertz CT molecular complexity index is 373. The number of unbranched alkanes of at least 4 members (excludes halogenated alkanes) is 1. The fourth-order valence-electron chi connectivity index (χ4n) is 4.43. The molecule has 0 N–H and O–H groups in total. The highest BCUT2D eigenvalue weighted by atomic mass is 16.7. The van der Waals surface area contributed by atoms with Gasteiger partial charge in [-0.3, -0.25) is 4.79 Å². The van der Waals surface area contributed by atoms with E-state index in [0.717, 1.165) is 37.5 Å². The van der Waals surface area contributed by atoms with Crippen LogP contribution in [0.1, 0.15) is 104 Å². The van der Waals surface area contributed by atoms with Crippen LogP contribution in [-0.4, -0.2) is 18.4 Å². The molecule has 0 aliphatic heterocycles. The van der Waals surface area contributed by atoms with E-state index < -0.39 is 0 Å². The van der Waals surface area contributed by atoms with Crippen molar-refractivity contribution >= 4 is 5.97 Å². The van der Waals surface area contributed by atoms with Crippen LogP contribution in [0, 0.1) is 17.8 Å². The smallest absolute Gasteiger partial charge is 0.308 e. The van der Waals surface area contributed by atoms with Crippen LogP contribution in [0.5, 0.6) is 0 Å². The van der Waals surface area contributed by atoms with Crippen LogP contribution in [0.3, 0.4) is 0 Å². The molecule has 2 fully saturated rings. The third-order valence-electron chi connectivity index (χ3n) is 5.84. The minimum atomic E-state index is -0.322. The van der Waals surface area contributed by atoms with Gasteiger partial charge in [0.05, 0.1) is 6.10 Å². The second-order valence-corrected chi connectivity index (χ2v) is 8.98. The monoisotopic (exact) mass is 352 g/mol. The summed E-state index contributed by atoms with van der Waals surface area (Å²) in [6, 6.07) is 0. The summed E-state index contributed by atoms with van der Waals surface area (Å²) in [4.78, 5) is 12.1. The van der Waals surface area contributed by atoms with Gasteiger partial charge in [-0.2, -0.15) is 0 Å². The van der Waals surface area contributed by atoms with Crippen LogP contribution in [0.15, 0.2) is 0 Å². The molecular weight excluding hydrogens is 312 g/mol. The average Bonchev–Trinajstić information content (AvgIpc) is 2.97. The van der Waals surface area contributed by atoms with Crippen molar-refractivity contribution in [3.63, 3.8) is 0 Å². The van der Waals surface area contributed by atoms with E-state index in [1.54, 1.807) is 0 Å². The maximum atomic E-state index is 12.1. The Morgan fingerprint density at radius 2 is 1.80 bits per heavy atom. The molecule has 25 heavy (non-hydrogen) atoms. The molecule has 0 bridgehead atoms. The lowest BCUT2D eigenvalue weighted by Gasteiger charge is -2.27. The van der Waals surface area contributed by atoms with Gasteiger partial charge in [0.15, 0.2) is 0 Å². The Morgan fingerprint density at radius 3 is 2.44 bits per heavy atom. The van der Waals surface area contributed by atoms with Gasteiger partial charge in [0, 0.05) is 12.8 Å². The first kappa shape index (κ1) is 20.7. The zero-order valence-electron chi connectivity index (χ0n) is 16.8. The maximum absolute atomic E-state index is 12.1. The number of hydrogen-bond acceptors (Lipinski definition) is 3. The van der Waals surface area contributed by atoms with Crippen LogP contribution in [0.25, 0.3) is 0 Å². The summed E-state index contributed by atoms with van der Waals surface area (Å²) >= 11 is 0. The van der Waals surface area contributed by atoms with Gasteiger partial charge in [-0.05, 0) is 43.4 Å². The number of hydrogen-bond donors (Lipinski definition) is 0. The van der Waals surface area contributed by atoms with E-state index in [1.165, 1.54) is 51.4 Å². The third kappa shape index (κ3) is 8.57. The highest BCUT2D eigenvalue weighted by molar-refractivity contribution is 5.69. The van der Waals surface area contributed by atoms with E-state index in [0.29, 0.717) is 18.4 Å². The molecule has 3 atom stereocenters. The van der Waals surface area contributed by atoms with Crippen LogP contribution in [0.2, 0.25) is 0 Å². The van der Waals surface area contributed by atoms with Gasteiger partial charge < -0.3 is 9.47 Å². The quantitative estimate of drug-likeness (QED) is 0.265. The minimum absolute atomic E-state index is 0.0968. The predicted molar refractivity (Wildman–Crippen MR) is 102 cm³/mol. The molecule has 0 spiro atoms. The fourth-order valence-corrected chi connectivity index (χ4v) is 4.43. The molecule has 2 aliphatic carbocycles. The van der Waals surface area contributed by atoms with Gasteiger partial charge in [-0.1, -0.05) is 65.7 Å². The number of rotatable bonds is 10. The molecular formula is C22H40O3. The summed E-state index contributed by atoms with van der Waals surface area (Å²) in [5.41, 5.74) is 0. The molecule has 3 heteroatoms. The lowest BCUT2D eigenvalue weighted by atomic mass is 9.97. The standard InChI is InChI=1S/C22H40O3/c1-17(2)15-21(23)25-22(24-20-10-5-4-6-11-20)12-8-7-9-19-14-13-18(3)16-19/h17-20,22H,4-16H2,1-3H3. The van der Waals surface area contributed by atoms with Gasteiger partial charge >= 0.3 is 5.97 Å². The van der Waals surface area contributed by atoms with Gasteiger partial charge in [0.25, 0.3) is 0 Å². The Hall–Kier alpha value is -0.570. The lowest BCUT2D eigenvalue weighted by molar-refractivity contribution is -0.195. The second kappa shape index (κ2) is 11.2. The summed E-state index contributed by atoms with van der Waals surface area (Å²) in [6.45, 7) is 6.49. The van der Waals surface area contributed by atoms with Crippen LogP contribution < -0.4 is 0 Å². The Morgan fingerprint density at radius 1 is 1.04 bits per heavy atom. The molecule has 0 amide bonds. The SMILES string of the molecule is CC(C)CC(=O)OC(CCCCC1CCC(C)C1)OC1CCCCC1. The zero-order valence-corrected chi connectivity index (χ0v) is 16.8. The molecule has 3 unspecified atom stereocenters. The van der Waals surface area contributed by atoms with Crippen LogP contribution in [0.4, 0.5) is 0 Å². The molecule has 2 aliphatic rings. The van der Waals surface area contributed by atoms with Gasteiger partial charge in [0.1, 0.15) is 0 Å². The normalized spacial score (nSPS) is 26.1. The number of ether oxygens (including phenoxy) is 2. The van der Waals surface area contributed by atoms with Gasteiger partial charge in [0.2, 0.25) is 6.29 Å². The van der Waals surface area contributed by atoms with Crippen LogP contribution >= 0.6 is 0 Å². The fraction of sp³-hybridized carbons (Fsp3) is 0.955. The Kier molecular flexibility index (Phi) is 9.30. The van der Waals surface area contributed by atoms with Crippen molar-refractivity contribution in [1.29, 1.82) is 0 Å². The zero-order chi connectivity index (χ0) is 18.1. The molecule has 0 radical (unpaired) electrons. The summed E-state index contributed by atoms with van der Waals surface area (Å²) < 4.78 is 11.9. The van der Waals surface area contributed by atoms with E-state index in [9.17, 15) is 4.79 Å². The van der Waals surface area contributed by atoms with Crippen molar-refractivity contribution in [2.75, 3.05) is 0 Å². The highest BCUT2D eigenvalue weighted by Gasteiger charge is 2.23. The molecule has 2 saturated carbocycles. The number of carbonyl (C=O) groups excluding carboxylic acids is 1. The van der Waals surface area contributed by atoms with Crippen molar-refractivity contribution in [2.45, 2.75) is 117 Å². The van der Waals surface area contributed by atoms with Crippen molar-refractivity contribution in [1.82, 2.24) is 0 Å². The first-order chi connectivity index (χ1) is 12.0. The molecule has 0 aromatic heterocycles. The Labute approximate surface area is 155 Å². The topological polar surface area (TPSA) is 35.5 Å². The van der Waals surface area contributed by atoms with E-state index in [-0.39, 0.29) is 12.3 Å². The minimum Gasteiger partial charge on any atom is -0.436 e. The van der Waals surface area contributed by atoms with Crippen LogP contribution in [-0.2, 0) is 14.3 Å². The summed E-state index contributed by atoms with van der Waals surface area (Å²) in [6.07, 6.45) is 15.3. The molecule has 0 aromatic rings. The molecule has 0 saturated heterocycles. The molecule has 2 rings (SSSR count). The third-order valence-corrected chi connectivity index (χ3v) is 5.84. The second-order valence-electron chi connectivity index (χ2n) is 8.98. The summed E-state index contributed by atoms with van der Waals surface area (Å²) in [7, 11) is 0. The number of carbonyl (C=O) groups is 1. The van der Waals surface area contributed by atoms with E-state index >= 15 is 0 Å². The summed E-state index contributed by atoms with van der Waals surface area (Å²) in [5, 5.41) is 0. The van der Waals surface area contributed by atoms with E-state index in [4.69, 9.17) is 9.47 Å². The molecule has 146 valence electrons. The molecule has 3 nitrogen and oxygen atoms in total. The highest BCUT2D eigenvalue weighted by Crippen LogP contribution is 2.34. The van der Waals surface area contributed by atoms with Crippen molar-refractivity contribution < 1.29 is 14.3 Å². The van der Waals surface area contributed by atoms with Gasteiger partial charge in [-0.25, -0.2) is 0 Å². The first-order valence-electron chi connectivity index (χ1n) is 10.9. The Balaban J connectivity index is 1.71. The van der Waals surface area contributed by atoms with Crippen molar-refractivity contribution in [3.8, 4) is 0 Å². The predicted octanol–water partition coefficient (Wildman–Crippen LogP) is 6.25. The average molecular weight is 353 g/mol. The lowest BCUT2D eigenvalue weighted by Crippen LogP contribution is -2.29. The van der Waals surface area contributed by atoms with Crippen molar-refractivity contribution in [2.24, 2.45) is 17.8 Å². The molecule has 0 aromatic carbocycles. The largest absolute Gasteiger partial charge is 0.436 e. The molecule has 0 heterocycles. The van der Waals surface area contributed by atoms with Gasteiger partial charge in [-0.15, -0.1) is 0 Å². The summed E-state index contributed by atoms with van der Waals surface area (Å²) in [5.74, 6) is 2.09. The van der Waals surface area contributed by atoms with E-state index in [2.05, 4.69) is 20.8 Å².